The summed E-state index contributed by atoms with van der Waals surface area (Å²) in [6.45, 7) is 0. The van der Waals surface area contributed by atoms with Gasteiger partial charge < -0.3 is 5.11 Å². The van der Waals surface area contributed by atoms with E-state index in [0.29, 0.717) is 0 Å². The second kappa shape index (κ2) is 2.35. The molecule has 0 amide bonds. The lowest BCUT2D eigenvalue weighted by Crippen LogP contribution is -2.12. The second-order valence-electron chi connectivity index (χ2n) is 0.932. The summed E-state index contributed by atoms with van der Waals surface area (Å²) in [7, 11) is 0. The number of rotatable bonds is 1. The normalized spacial score (nSPS) is 12.0. The molecule has 0 aliphatic heterocycles. The van der Waals surface area contributed by atoms with Crippen molar-refractivity contribution in [3.8, 4) is 0 Å². The highest BCUT2D eigenvalue weighted by molar-refractivity contribution is 8.01. The standard InChI is InChI=1S/C2H6OS3/c3-2(5,6)1-4/h3-6H,1H2. The Kier molecular flexibility index (Phi) is 2.75. The first-order valence-electron chi connectivity index (χ1n) is 1.34. The van der Waals surface area contributed by atoms with Crippen LogP contribution in [0.25, 0.3) is 0 Å². The topological polar surface area (TPSA) is 20.2 Å². The van der Waals surface area contributed by atoms with Gasteiger partial charge in [-0.15, -0.1) is 25.3 Å². The van der Waals surface area contributed by atoms with Crippen molar-refractivity contribution in [1.82, 2.24) is 0 Å². The van der Waals surface area contributed by atoms with Gasteiger partial charge in [0, 0.05) is 5.75 Å². The molecule has 0 fully saturated rings. The van der Waals surface area contributed by atoms with Crippen LogP contribution in [0.3, 0.4) is 0 Å². The Morgan fingerprint density at radius 1 is 1.50 bits per heavy atom. The number of thiol groups is 3. The monoisotopic (exact) mass is 142 g/mol. The van der Waals surface area contributed by atoms with Gasteiger partial charge in [0.15, 0.2) is 4.27 Å². The Morgan fingerprint density at radius 3 is 1.67 bits per heavy atom. The van der Waals surface area contributed by atoms with Crippen molar-refractivity contribution in [2.75, 3.05) is 5.75 Å². The molecule has 0 aromatic rings. The van der Waals surface area contributed by atoms with E-state index in [-0.39, 0.29) is 5.75 Å². The van der Waals surface area contributed by atoms with Crippen molar-refractivity contribution in [3.63, 3.8) is 0 Å². The average molecular weight is 142 g/mol. The Bertz CT molecular complexity index is 38.5. The molecule has 0 saturated heterocycles. The van der Waals surface area contributed by atoms with E-state index in [9.17, 15) is 0 Å². The fraction of sp³-hybridized carbons (Fsp3) is 1.00. The zero-order chi connectivity index (χ0) is 5.21. The molecule has 0 heterocycles. The minimum absolute atomic E-state index is 0.249. The molecule has 0 radical (unpaired) electrons. The van der Waals surface area contributed by atoms with Gasteiger partial charge in [0.05, 0.1) is 0 Å². The van der Waals surface area contributed by atoms with Crippen molar-refractivity contribution >= 4 is 37.9 Å². The highest BCUT2D eigenvalue weighted by Gasteiger charge is 2.09. The minimum Gasteiger partial charge on any atom is -0.370 e. The van der Waals surface area contributed by atoms with E-state index < -0.39 is 4.27 Å². The highest BCUT2D eigenvalue weighted by atomic mass is 32.2. The largest absolute Gasteiger partial charge is 0.370 e. The van der Waals surface area contributed by atoms with Crippen LogP contribution >= 0.6 is 37.9 Å². The molecule has 0 saturated carbocycles. The highest BCUT2D eigenvalue weighted by Crippen LogP contribution is 2.14. The van der Waals surface area contributed by atoms with Crippen molar-refractivity contribution < 1.29 is 5.11 Å². The quantitative estimate of drug-likeness (QED) is 0.309. The lowest BCUT2D eigenvalue weighted by molar-refractivity contribution is 0.261. The smallest absolute Gasteiger partial charge is 0.160 e. The van der Waals surface area contributed by atoms with Gasteiger partial charge in [-0.3, -0.25) is 0 Å². The fourth-order valence-corrected chi connectivity index (χ4v) is 0. The van der Waals surface area contributed by atoms with E-state index in [1.807, 2.05) is 0 Å². The van der Waals surface area contributed by atoms with Crippen LogP contribution in [0, 0.1) is 0 Å². The third kappa shape index (κ3) is 5.01. The van der Waals surface area contributed by atoms with Gasteiger partial charge in [0.1, 0.15) is 0 Å². The summed E-state index contributed by atoms with van der Waals surface area (Å²) < 4.78 is -1.21. The van der Waals surface area contributed by atoms with E-state index in [1.54, 1.807) is 0 Å². The number of hydrogen-bond donors (Lipinski definition) is 4. The molecule has 0 aromatic heterocycles. The zero-order valence-electron chi connectivity index (χ0n) is 3.00. The van der Waals surface area contributed by atoms with Gasteiger partial charge in [-0.1, -0.05) is 0 Å². The number of hydrogen-bond acceptors (Lipinski definition) is 4. The third-order valence-electron chi connectivity index (χ3n) is 0.212. The van der Waals surface area contributed by atoms with Crippen LogP contribution in [0.15, 0.2) is 0 Å². The summed E-state index contributed by atoms with van der Waals surface area (Å²) in [6, 6.07) is 0. The molecular formula is C2H6OS3. The predicted octanol–water partition coefficient (Wildman–Crippen LogP) is 0.422. The second-order valence-corrected chi connectivity index (χ2v) is 3.08. The zero-order valence-corrected chi connectivity index (χ0v) is 5.68. The van der Waals surface area contributed by atoms with Crippen LogP contribution in [-0.4, -0.2) is 15.1 Å². The molecule has 6 heavy (non-hydrogen) atoms. The minimum atomic E-state index is -1.21. The molecule has 1 nitrogen and oxygen atoms in total. The lowest BCUT2D eigenvalue weighted by Gasteiger charge is -2.08. The first-order valence-corrected chi connectivity index (χ1v) is 2.87. The molecule has 0 rings (SSSR count). The van der Waals surface area contributed by atoms with Crippen LogP contribution < -0.4 is 0 Å². The molecule has 1 N–H and O–H groups in total. The van der Waals surface area contributed by atoms with E-state index in [4.69, 9.17) is 5.11 Å². The maximum Gasteiger partial charge on any atom is 0.160 e. The van der Waals surface area contributed by atoms with Crippen LogP contribution in [-0.2, 0) is 0 Å². The van der Waals surface area contributed by atoms with E-state index >= 15 is 0 Å². The van der Waals surface area contributed by atoms with Crippen LogP contribution in [0.5, 0.6) is 0 Å². The SMILES string of the molecule is OC(S)(S)CS. The first-order chi connectivity index (χ1) is 2.56. The van der Waals surface area contributed by atoms with E-state index in [0.717, 1.165) is 0 Å². The fourth-order valence-electron chi connectivity index (χ4n) is 0. The summed E-state index contributed by atoms with van der Waals surface area (Å²) in [4.78, 5) is 0. The summed E-state index contributed by atoms with van der Waals surface area (Å²) in [5.41, 5.74) is 0. The average Bonchev–Trinajstić information content (AvgIpc) is 1.35. The first kappa shape index (κ1) is 7.01. The van der Waals surface area contributed by atoms with Crippen molar-refractivity contribution in [1.29, 1.82) is 0 Å². The van der Waals surface area contributed by atoms with Crippen LogP contribution in [0.4, 0.5) is 0 Å². The summed E-state index contributed by atoms with van der Waals surface area (Å²) in [5, 5.41) is 8.48. The van der Waals surface area contributed by atoms with Gasteiger partial charge in [-0.05, 0) is 0 Å². The van der Waals surface area contributed by atoms with Crippen molar-refractivity contribution in [3.05, 3.63) is 0 Å². The lowest BCUT2D eigenvalue weighted by atomic mass is 10.8. The predicted molar refractivity (Wildman–Crippen MR) is 36.8 cm³/mol. The van der Waals surface area contributed by atoms with Crippen molar-refractivity contribution in [2.45, 2.75) is 4.27 Å². The molecule has 0 unspecified atom stereocenters. The molecular weight excluding hydrogens is 136 g/mol. The molecule has 38 valence electrons. The van der Waals surface area contributed by atoms with Gasteiger partial charge in [0.2, 0.25) is 0 Å². The molecule has 0 spiro atoms. The van der Waals surface area contributed by atoms with Gasteiger partial charge in [-0.25, -0.2) is 0 Å². The summed E-state index contributed by atoms with van der Waals surface area (Å²) >= 11 is 10.9. The number of aliphatic hydroxyl groups is 1. The summed E-state index contributed by atoms with van der Waals surface area (Å²) in [5.74, 6) is 0.249. The molecule has 0 bridgehead atoms. The Morgan fingerprint density at radius 2 is 1.67 bits per heavy atom. The maximum atomic E-state index is 8.48. The van der Waals surface area contributed by atoms with Crippen LogP contribution in [0.1, 0.15) is 0 Å². The molecule has 0 aromatic carbocycles. The molecule has 0 atom stereocenters. The van der Waals surface area contributed by atoms with E-state index in [2.05, 4.69) is 37.9 Å². The van der Waals surface area contributed by atoms with Gasteiger partial charge >= 0.3 is 0 Å². The van der Waals surface area contributed by atoms with Crippen molar-refractivity contribution in [2.24, 2.45) is 0 Å². The third-order valence-corrected chi connectivity index (χ3v) is 1.48. The molecule has 0 aliphatic carbocycles. The summed E-state index contributed by atoms with van der Waals surface area (Å²) in [6.07, 6.45) is 0. The van der Waals surface area contributed by atoms with E-state index in [1.165, 1.54) is 0 Å². The Hall–Kier alpha value is 1.01. The molecule has 0 aliphatic rings. The molecule has 4 heteroatoms. The Labute approximate surface area is 53.4 Å². The van der Waals surface area contributed by atoms with Gasteiger partial charge in [0.25, 0.3) is 0 Å². The van der Waals surface area contributed by atoms with Crippen LogP contribution in [0.2, 0.25) is 0 Å². The Balaban J connectivity index is 3.17. The maximum absolute atomic E-state index is 8.48. The van der Waals surface area contributed by atoms with Gasteiger partial charge in [-0.2, -0.15) is 12.6 Å².